The molecule has 1 atom stereocenters. The van der Waals surface area contributed by atoms with Gasteiger partial charge in [-0.1, -0.05) is 0 Å². The van der Waals surface area contributed by atoms with E-state index in [1.165, 1.54) is 4.31 Å². The first-order chi connectivity index (χ1) is 11.5. The van der Waals surface area contributed by atoms with Crippen LogP contribution in [-0.4, -0.2) is 60.9 Å². The van der Waals surface area contributed by atoms with Gasteiger partial charge in [0.05, 0.1) is 4.90 Å². The van der Waals surface area contributed by atoms with Crippen molar-refractivity contribution >= 4 is 16.0 Å². The number of nitrogens with zero attached hydrogens (tertiary/aromatic N) is 2. The van der Waals surface area contributed by atoms with Crippen molar-refractivity contribution in [2.24, 2.45) is 0 Å². The second kappa shape index (κ2) is 7.05. The summed E-state index contributed by atoms with van der Waals surface area (Å²) in [7, 11) is -3.60. The van der Waals surface area contributed by atoms with E-state index in [9.17, 15) is 13.2 Å². The van der Waals surface area contributed by atoms with Gasteiger partial charge in [-0.15, -0.1) is 0 Å². The van der Waals surface area contributed by atoms with Crippen LogP contribution in [0.3, 0.4) is 0 Å². The second-order valence-corrected chi connectivity index (χ2v) is 8.78. The SMILES string of the molecule is Cc1c(C)c(C)c(S(=O)(=O)N2CCN(C(C)C(=O)O)CC2)c(C)c1C. The number of rotatable bonds is 4. The standard InChI is InChI=1S/C18H28N2O4S/c1-11-12(2)14(4)17(15(5)13(11)3)25(23,24)20-9-7-19(8-10-20)16(6)18(21)22/h16H,7-10H2,1-6H3,(H,21,22). The molecule has 140 valence electrons. The Kier molecular flexibility index (Phi) is 5.61. The van der Waals surface area contributed by atoms with Crippen molar-refractivity contribution in [1.82, 2.24) is 9.21 Å². The number of sulfonamides is 1. The van der Waals surface area contributed by atoms with Gasteiger partial charge in [-0.25, -0.2) is 8.42 Å². The van der Waals surface area contributed by atoms with E-state index in [-0.39, 0.29) is 0 Å². The number of aliphatic carboxylic acids is 1. The van der Waals surface area contributed by atoms with E-state index in [1.807, 2.05) is 34.6 Å². The van der Waals surface area contributed by atoms with Gasteiger partial charge in [0.15, 0.2) is 0 Å². The fraction of sp³-hybridized carbons (Fsp3) is 0.611. The van der Waals surface area contributed by atoms with Gasteiger partial charge in [-0.3, -0.25) is 9.69 Å². The van der Waals surface area contributed by atoms with E-state index < -0.39 is 22.0 Å². The van der Waals surface area contributed by atoms with E-state index in [0.717, 1.165) is 27.8 Å². The van der Waals surface area contributed by atoms with E-state index in [4.69, 9.17) is 5.11 Å². The van der Waals surface area contributed by atoms with Crippen LogP contribution in [0.25, 0.3) is 0 Å². The van der Waals surface area contributed by atoms with Gasteiger partial charge in [0.1, 0.15) is 6.04 Å². The highest BCUT2D eigenvalue weighted by atomic mass is 32.2. The molecule has 25 heavy (non-hydrogen) atoms. The zero-order valence-electron chi connectivity index (χ0n) is 15.9. The number of carbonyl (C=O) groups is 1. The Morgan fingerprint density at radius 2 is 1.28 bits per heavy atom. The minimum absolute atomic E-state index is 0.310. The van der Waals surface area contributed by atoms with Gasteiger partial charge in [0.25, 0.3) is 0 Å². The van der Waals surface area contributed by atoms with Crippen molar-refractivity contribution in [3.8, 4) is 0 Å². The number of hydrogen-bond donors (Lipinski definition) is 1. The van der Waals surface area contributed by atoms with Crippen molar-refractivity contribution in [1.29, 1.82) is 0 Å². The molecule has 1 aliphatic rings. The average Bonchev–Trinajstić information content (AvgIpc) is 2.57. The maximum atomic E-state index is 13.2. The van der Waals surface area contributed by atoms with Gasteiger partial charge >= 0.3 is 5.97 Å². The molecular weight excluding hydrogens is 340 g/mol. The molecule has 0 saturated carbocycles. The number of carboxylic acid groups (broad SMARTS) is 1. The molecule has 0 bridgehead atoms. The maximum Gasteiger partial charge on any atom is 0.320 e. The molecule has 1 unspecified atom stereocenters. The summed E-state index contributed by atoms with van der Waals surface area (Å²) in [4.78, 5) is 13.3. The Bertz CT molecular complexity index is 765. The van der Waals surface area contributed by atoms with E-state index >= 15 is 0 Å². The van der Waals surface area contributed by atoms with E-state index in [0.29, 0.717) is 31.1 Å². The topological polar surface area (TPSA) is 77.9 Å². The third-order valence-electron chi connectivity index (χ3n) is 5.71. The molecule has 0 radical (unpaired) electrons. The van der Waals surface area contributed by atoms with Crippen LogP contribution in [0.1, 0.15) is 34.7 Å². The second-order valence-electron chi connectivity index (χ2n) is 6.91. The van der Waals surface area contributed by atoms with E-state index in [2.05, 4.69) is 0 Å². The number of piperazine rings is 1. The third kappa shape index (κ3) is 3.45. The molecule has 0 spiro atoms. The van der Waals surface area contributed by atoms with Crippen molar-refractivity contribution in [3.05, 3.63) is 27.8 Å². The highest BCUT2D eigenvalue weighted by molar-refractivity contribution is 7.89. The predicted molar refractivity (Wildman–Crippen MR) is 97.6 cm³/mol. The van der Waals surface area contributed by atoms with Crippen molar-refractivity contribution in [2.75, 3.05) is 26.2 Å². The van der Waals surface area contributed by atoms with Crippen molar-refractivity contribution in [2.45, 2.75) is 52.5 Å². The molecule has 1 saturated heterocycles. The van der Waals surface area contributed by atoms with Gasteiger partial charge in [-0.2, -0.15) is 4.31 Å². The van der Waals surface area contributed by atoms with Gasteiger partial charge in [0.2, 0.25) is 10.0 Å². The van der Waals surface area contributed by atoms with Crippen LogP contribution in [0.15, 0.2) is 4.90 Å². The summed E-state index contributed by atoms with van der Waals surface area (Å²) in [5.41, 5.74) is 4.78. The lowest BCUT2D eigenvalue weighted by molar-refractivity contribution is -0.143. The molecule has 1 aromatic carbocycles. The number of hydrogen-bond acceptors (Lipinski definition) is 4. The molecule has 0 aromatic heterocycles. The molecule has 2 rings (SSSR count). The predicted octanol–water partition coefficient (Wildman–Crippen LogP) is 2.01. The zero-order valence-corrected chi connectivity index (χ0v) is 16.7. The Hall–Kier alpha value is -1.44. The van der Waals surface area contributed by atoms with Crippen LogP contribution in [0.2, 0.25) is 0 Å². The molecule has 7 heteroatoms. The lowest BCUT2D eigenvalue weighted by Gasteiger charge is -2.36. The monoisotopic (exact) mass is 368 g/mol. The maximum absolute atomic E-state index is 13.2. The lowest BCUT2D eigenvalue weighted by Crippen LogP contribution is -2.53. The molecule has 0 amide bonds. The summed E-state index contributed by atoms with van der Waals surface area (Å²) in [6, 6.07) is -0.600. The summed E-state index contributed by atoms with van der Waals surface area (Å²) in [5, 5.41) is 9.12. The van der Waals surface area contributed by atoms with Gasteiger partial charge in [0, 0.05) is 26.2 Å². The fourth-order valence-corrected chi connectivity index (χ4v) is 5.45. The molecule has 1 aliphatic heterocycles. The van der Waals surface area contributed by atoms with Crippen LogP contribution in [0, 0.1) is 34.6 Å². The first kappa shape index (κ1) is 19.9. The van der Waals surface area contributed by atoms with Gasteiger partial charge in [-0.05, 0) is 69.4 Å². The third-order valence-corrected chi connectivity index (χ3v) is 7.88. The number of carboxylic acids is 1. The fourth-order valence-electron chi connectivity index (χ4n) is 3.47. The minimum Gasteiger partial charge on any atom is -0.480 e. The average molecular weight is 368 g/mol. The Morgan fingerprint density at radius 1 is 0.880 bits per heavy atom. The molecule has 1 fully saturated rings. The highest BCUT2D eigenvalue weighted by Crippen LogP contribution is 2.32. The van der Waals surface area contributed by atoms with Crippen LogP contribution in [0.4, 0.5) is 0 Å². The summed E-state index contributed by atoms with van der Waals surface area (Å²) in [5.74, 6) is -0.882. The summed E-state index contributed by atoms with van der Waals surface area (Å²) < 4.78 is 28.0. The summed E-state index contributed by atoms with van der Waals surface area (Å²) in [6.45, 7) is 12.8. The summed E-state index contributed by atoms with van der Waals surface area (Å²) in [6.07, 6.45) is 0. The largest absolute Gasteiger partial charge is 0.480 e. The quantitative estimate of drug-likeness (QED) is 0.880. The Labute approximate surface area is 150 Å². The molecule has 1 heterocycles. The van der Waals surface area contributed by atoms with E-state index in [1.54, 1.807) is 11.8 Å². The summed E-state index contributed by atoms with van der Waals surface area (Å²) >= 11 is 0. The zero-order chi connectivity index (χ0) is 19.1. The smallest absolute Gasteiger partial charge is 0.320 e. The molecular formula is C18H28N2O4S. The Morgan fingerprint density at radius 3 is 1.68 bits per heavy atom. The van der Waals surface area contributed by atoms with Crippen LogP contribution in [0.5, 0.6) is 0 Å². The van der Waals surface area contributed by atoms with Crippen molar-refractivity contribution in [3.63, 3.8) is 0 Å². The lowest BCUT2D eigenvalue weighted by atomic mass is 9.95. The van der Waals surface area contributed by atoms with Gasteiger partial charge < -0.3 is 5.11 Å². The Balaban J connectivity index is 2.35. The first-order valence-corrected chi connectivity index (χ1v) is 9.98. The normalized spacial score (nSPS) is 18.3. The molecule has 1 aromatic rings. The van der Waals surface area contributed by atoms with Crippen molar-refractivity contribution < 1.29 is 18.3 Å². The molecule has 1 N–H and O–H groups in total. The molecule has 6 nitrogen and oxygen atoms in total. The van der Waals surface area contributed by atoms with Crippen LogP contribution >= 0.6 is 0 Å². The van der Waals surface area contributed by atoms with Crippen LogP contribution in [-0.2, 0) is 14.8 Å². The highest BCUT2D eigenvalue weighted by Gasteiger charge is 2.34. The van der Waals surface area contributed by atoms with Crippen LogP contribution < -0.4 is 0 Å². The minimum atomic E-state index is -3.60. The number of benzene rings is 1. The first-order valence-electron chi connectivity index (χ1n) is 8.54. The molecule has 0 aliphatic carbocycles.